The summed E-state index contributed by atoms with van der Waals surface area (Å²) in [6.07, 6.45) is 1.32. The summed E-state index contributed by atoms with van der Waals surface area (Å²) in [5.41, 5.74) is 3.68. The number of ether oxygens (including phenoxy) is 1. The number of rotatable bonds is 5. The number of amides is 1. The van der Waals surface area contributed by atoms with E-state index in [-0.39, 0.29) is 23.4 Å². The Labute approximate surface area is 175 Å². The lowest BCUT2D eigenvalue weighted by Crippen LogP contribution is -2.34. The van der Waals surface area contributed by atoms with Crippen molar-refractivity contribution >= 4 is 46.0 Å². The van der Waals surface area contributed by atoms with Gasteiger partial charge in [-0.25, -0.2) is 9.47 Å². The molecule has 0 radical (unpaired) electrons. The van der Waals surface area contributed by atoms with E-state index in [0.717, 1.165) is 10.2 Å². The summed E-state index contributed by atoms with van der Waals surface area (Å²) in [5.74, 6) is -1.03. The van der Waals surface area contributed by atoms with Gasteiger partial charge in [-0.2, -0.15) is 0 Å². The molecule has 9 heteroatoms. The van der Waals surface area contributed by atoms with Crippen LogP contribution in [-0.2, 0) is 16.1 Å². The van der Waals surface area contributed by atoms with Crippen LogP contribution in [0.5, 0.6) is 0 Å². The highest BCUT2D eigenvalue weighted by atomic mass is 32.1. The molecule has 2 heterocycles. The average molecular weight is 423 g/mol. The molecule has 0 saturated heterocycles. The number of hydrogen-bond donors (Lipinski definition) is 1. The maximum absolute atomic E-state index is 12.7. The van der Waals surface area contributed by atoms with Gasteiger partial charge in [0.2, 0.25) is 5.91 Å². The van der Waals surface area contributed by atoms with Crippen LogP contribution in [0.25, 0.3) is 21.9 Å². The minimum Gasteiger partial charge on any atom is -0.465 e. The van der Waals surface area contributed by atoms with Crippen molar-refractivity contribution in [1.29, 1.82) is 0 Å². The van der Waals surface area contributed by atoms with Gasteiger partial charge in [0.25, 0.3) is 10.4 Å². The number of methoxy groups -OCH3 is 1. The lowest BCUT2D eigenvalue weighted by molar-refractivity contribution is -0.117. The largest absolute Gasteiger partial charge is 0.465 e. The number of aromatic nitrogens is 2. The summed E-state index contributed by atoms with van der Waals surface area (Å²) in [6, 6.07) is 14.0. The van der Waals surface area contributed by atoms with Crippen molar-refractivity contribution in [2.75, 3.05) is 12.5 Å². The first-order valence-corrected chi connectivity index (χ1v) is 9.51. The fourth-order valence-corrected chi connectivity index (χ4v) is 3.56. The molecule has 0 fully saturated rings. The molecule has 2 aromatic heterocycles. The number of pyridine rings is 1. The monoisotopic (exact) mass is 423 g/mol. The zero-order valence-electron chi connectivity index (χ0n) is 16.0. The van der Waals surface area contributed by atoms with E-state index in [1.54, 1.807) is 34.9 Å². The van der Waals surface area contributed by atoms with Gasteiger partial charge in [0.05, 0.1) is 18.2 Å². The second-order valence-corrected chi connectivity index (χ2v) is 6.88. The Morgan fingerprint density at radius 1 is 1.10 bits per heavy atom. The fraction of sp³-hybridized carbons (Fsp3) is 0.143. The maximum atomic E-state index is 12.7. The molecule has 8 nitrogen and oxygen atoms in total. The Balaban J connectivity index is 1.61. The summed E-state index contributed by atoms with van der Waals surface area (Å²) in [6.45, 7) is 0.272. The van der Waals surface area contributed by atoms with E-state index < -0.39 is 17.4 Å². The third-order valence-electron chi connectivity index (χ3n) is 4.71. The standard InChI is InChI=1S/C21H17N3O5S/c1-28-20(27)15-12-24(19(26)14-7-3-2-6-13(14)15)22-18(25)10-11-23-16-8-4-5-9-17(16)29-21(23)30/h2-9,12H,10-11H2,1H3,(H,22,25). The number of esters is 1. The predicted octanol–water partition coefficient (Wildman–Crippen LogP) is 3.23. The van der Waals surface area contributed by atoms with Gasteiger partial charge >= 0.3 is 5.97 Å². The van der Waals surface area contributed by atoms with Crippen molar-refractivity contribution in [2.24, 2.45) is 0 Å². The molecule has 0 saturated carbocycles. The fourth-order valence-electron chi connectivity index (χ4n) is 3.28. The molecule has 1 amide bonds. The normalized spacial score (nSPS) is 11.0. The topological polar surface area (TPSA) is 95.5 Å². The number of fused-ring (bicyclic) bond motifs is 2. The molecule has 0 bridgehead atoms. The van der Waals surface area contributed by atoms with Gasteiger partial charge in [-0.3, -0.25) is 19.6 Å². The molecule has 1 N–H and O–H groups in total. The first-order valence-electron chi connectivity index (χ1n) is 9.10. The second-order valence-electron chi connectivity index (χ2n) is 6.53. The van der Waals surface area contributed by atoms with Crippen LogP contribution in [0, 0.1) is 4.84 Å². The Bertz CT molecular complexity index is 1400. The van der Waals surface area contributed by atoms with Gasteiger partial charge in [-0.15, -0.1) is 0 Å². The summed E-state index contributed by atoms with van der Waals surface area (Å²) >= 11 is 5.23. The molecule has 30 heavy (non-hydrogen) atoms. The molecule has 0 spiro atoms. The van der Waals surface area contributed by atoms with Gasteiger partial charge in [0.1, 0.15) is 0 Å². The second kappa shape index (κ2) is 7.96. The molecule has 2 aromatic carbocycles. The van der Waals surface area contributed by atoms with Crippen LogP contribution in [0.15, 0.2) is 63.9 Å². The molecule has 0 atom stereocenters. The number of oxazole rings is 1. The number of aryl methyl sites for hydroxylation is 1. The van der Waals surface area contributed by atoms with Gasteiger partial charge in [0, 0.05) is 29.9 Å². The van der Waals surface area contributed by atoms with Crippen LogP contribution in [-0.4, -0.2) is 28.2 Å². The number of para-hydroxylation sites is 2. The van der Waals surface area contributed by atoms with E-state index in [9.17, 15) is 14.4 Å². The zero-order valence-corrected chi connectivity index (χ0v) is 16.8. The molecule has 0 aliphatic carbocycles. The molecule has 4 aromatic rings. The quantitative estimate of drug-likeness (QED) is 0.391. The number of nitrogens with one attached hydrogen (secondary N) is 1. The summed E-state index contributed by atoms with van der Waals surface area (Å²) < 4.78 is 13.0. The van der Waals surface area contributed by atoms with Gasteiger partial charge in [0.15, 0.2) is 5.58 Å². The lowest BCUT2D eigenvalue weighted by Gasteiger charge is -2.12. The van der Waals surface area contributed by atoms with E-state index in [1.807, 2.05) is 18.2 Å². The Kier molecular flexibility index (Phi) is 5.20. The molecule has 4 rings (SSSR count). The maximum Gasteiger partial charge on any atom is 0.340 e. The zero-order chi connectivity index (χ0) is 21.3. The van der Waals surface area contributed by atoms with Gasteiger partial charge in [-0.05, 0) is 30.4 Å². The van der Waals surface area contributed by atoms with E-state index in [4.69, 9.17) is 21.4 Å². The molecular weight excluding hydrogens is 406 g/mol. The Morgan fingerprint density at radius 2 is 1.80 bits per heavy atom. The van der Waals surface area contributed by atoms with Crippen molar-refractivity contribution in [1.82, 2.24) is 9.24 Å². The molecule has 0 aliphatic heterocycles. The van der Waals surface area contributed by atoms with Crippen molar-refractivity contribution in [3.05, 3.63) is 75.5 Å². The van der Waals surface area contributed by atoms with Crippen LogP contribution < -0.4 is 11.0 Å². The van der Waals surface area contributed by atoms with E-state index in [1.165, 1.54) is 13.3 Å². The van der Waals surface area contributed by atoms with E-state index >= 15 is 0 Å². The number of hydrogen-bond acceptors (Lipinski definition) is 6. The molecule has 152 valence electrons. The van der Waals surface area contributed by atoms with Crippen LogP contribution in [0.4, 0.5) is 0 Å². The Morgan fingerprint density at radius 3 is 2.57 bits per heavy atom. The van der Waals surface area contributed by atoms with Crippen LogP contribution in [0.1, 0.15) is 16.8 Å². The number of nitrogens with zero attached hydrogens (tertiary/aromatic N) is 2. The highest BCUT2D eigenvalue weighted by molar-refractivity contribution is 7.71. The number of benzene rings is 2. The van der Waals surface area contributed by atoms with E-state index in [2.05, 4.69) is 5.43 Å². The highest BCUT2D eigenvalue weighted by Crippen LogP contribution is 2.18. The van der Waals surface area contributed by atoms with Crippen LogP contribution in [0.2, 0.25) is 0 Å². The Hall–Kier alpha value is -3.72. The third kappa shape index (κ3) is 3.50. The van der Waals surface area contributed by atoms with Gasteiger partial charge in [-0.1, -0.05) is 30.3 Å². The minimum absolute atomic E-state index is 0.0463. The SMILES string of the molecule is COC(=O)c1cn(NC(=O)CCn2c(=S)oc3ccccc32)c(=O)c2ccccc12. The van der Waals surface area contributed by atoms with Crippen molar-refractivity contribution < 1.29 is 18.7 Å². The van der Waals surface area contributed by atoms with Crippen LogP contribution >= 0.6 is 12.2 Å². The van der Waals surface area contributed by atoms with Crippen molar-refractivity contribution in [2.45, 2.75) is 13.0 Å². The van der Waals surface area contributed by atoms with E-state index in [0.29, 0.717) is 16.4 Å². The summed E-state index contributed by atoms with van der Waals surface area (Å²) in [5, 5.41) is 0.750. The van der Waals surface area contributed by atoms with Crippen LogP contribution in [0.3, 0.4) is 0 Å². The molecule has 0 unspecified atom stereocenters. The highest BCUT2D eigenvalue weighted by Gasteiger charge is 2.16. The molecule has 0 aliphatic rings. The predicted molar refractivity (Wildman–Crippen MR) is 114 cm³/mol. The molecular formula is C21H17N3O5S. The van der Waals surface area contributed by atoms with Crippen molar-refractivity contribution in [3.63, 3.8) is 0 Å². The number of carbonyl (C=O) groups is 2. The summed E-state index contributed by atoms with van der Waals surface area (Å²) in [4.78, 5) is 37.7. The third-order valence-corrected chi connectivity index (χ3v) is 5.02. The average Bonchev–Trinajstić information content (AvgIpc) is 3.08. The number of carbonyl (C=O) groups excluding carboxylic acids is 2. The minimum atomic E-state index is -0.606. The first kappa shape index (κ1) is 19.6. The lowest BCUT2D eigenvalue weighted by atomic mass is 10.1. The van der Waals surface area contributed by atoms with Gasteiger partial charge < -0.3 is 9.15 Å². The first-order chi connectivity index (χ1) is 14.5. The smallest absolute Gasteiger partial charge is 0.340 e. The summed E-state index contributed by atoms with van der Waals surface area (Å²) in [7, 11) is 1.25. The van der Waals surface area contributed by atoms with Crippen molar-refractivity contribution in [3.8, 4) is 0 Å².